The van der Waals surface area contributed by atoms with E-state index in [4.69, 9.17) is 4.43 Å². The van der Waals surface area contributed by atoms with Gasteiger partial charge in [-0.25, -0.2) is 8.78 Å². The molecule has 1 aromatic rings. The summed E-state index contributed by atoms with van der Waals surface area (Å²) in [7, 11) is -1.79. The second kappa shape index (κ2) is 6.18. The predicted octanol–water partition coefficient (Wildman–Crippen LogP) is 5.13. The van der Waals surface area contributed by atoms with Gasteiger partial charge in [0.15, 0.2) is 8.32 Å². The van der Waals surface area contributed by atoms with Gasteiger partial charge in [-0.2, -0.15) is 0 Å². The lowest BCUT2D eigenvalue weighted by Crippen LogP contribution is -2.41. The number of hydrogen-bond acceptors (Lipinski definition) is 1. The Morgan fingerprint density at radius 3 is 2.05 bits per heavy atom. The van der Waals surface area contributed by atoms with E-state index in [1.54, 1.807) is 22.6 Å². The molecule has 108 valence electrons. The van der Waals surface area contributed by atoms with Crippen molar-refractivity contribution in [2.45, 2.75) is 45.3 Å². The molecule has 0 spiro atoms. The molecule has 0 aliphatic rings. The van der Waals surface area contributed by atoms with E-state index in [0.29, 0.717) is 18.6 Å². The van der Waals surface area contributed by atoms with Crippen LogP contribution in [0.2, 0.25) is 18.1 Å². The largest absolute Gasteiger partial charge is 0.416 e. The standard InChI is InChI=1S/C14H21F2IOSi/c1-14(2,3)19(4,5)18-7-6-10-8-11(15)13(17)12(16)9-10/h8-9H,6-7H2,1-5H3. The molecule has 0 aliphatic heterocycles. The van der Waals surface area contributed by atoms with Crippen LogP contribution in [-0.2, 0) is 10.8 Å². The van der Waals surface area contributed by atoms with Gasteiger partial charge in [-0.15, -0.1) is 0 Å². The summed E-state index contributed by atoms with van der Waals surface area (Å²) in [6.07, 6.45) is 0.539. The van der Waals surface area contributed by atoms with Crippen molar-refractivity contribution in [2.75, 3.05) is 6.61 Å². The lowest BCUT2D eigenvalue weighted by molar-refractivity contribution is 0.291. The van der Waals surface area contributed by atoms with E-state index in [9.17, 15) is 8.78 Å². The van der Waals surface area contributed by atoms with Crippen LogP contribution in [0.15, 0.2) is 12.1 Å². The Morgan fingerprint density at radius 2 is 1.63 bits per heavy atom. The topological polar surface area (TPSA) is 9.23 Å². The van der Waals surface area contributed by atoms with Gasteiger partial charge in [0.2, 0.25) is 0 Å². The molecule has 0 bridgehead atoms. The summed E-state index contributed by atoms with van der Waals surface area (Å²) in [5.41, 5.74) is 0.647. The fourth-order valence-electron chi connectivity index (χ4n) is 1.39. The number of hydrogen-bond donors (Lipinski definition) is 0. The quantitative estimate of drug-likeness (QED) is 0.388. The fraction of sp³-hybridized carbons (Fsp3) is 0.571. The normalized spacial score (nSPS) is 12.8. The summed E-state index contributed by atoms with van der Waals surface area (Å²) >= 11 is 1.67. The molecule has 0 saturated heterocycles. The first kappa shape index (κ1) is 17.0. The van der Waals surface area contributed by atoms with E-state index in [1.165, 1.54) is 12.1 Å². The maximum atomic E-state index is 13.4. The lowest BCUT2D eigenvalue weighted by atomic mass is 10.1. The van der Waals surface area contributed by atoms with E-state index in [2.05, 4.69) is 33.9 Å². The predicted molar refractivity (Wildman–Crippen MR) is 85.9 cm³/mol. The van der Waals surface area contributed by atoms with Crippen molar-refractivity contribution >= 4 is 30.9 Å². The Balaban J connectivity index is 2.64. The van der Waals surface area contributed by atoms with Crippen molar-refractivity contribution in [1.82, 2.24) is 0 Å². The Bertz CT molecular complexity index is 432. The number of halogens is 3. The van der Waals surface area contributed by atoms with Crippen LogP contribution in [0.5, 0.6) is 0 Å². The minimum atomic E-state index is -1.79. The van der Waals surface area contributed by atoms with E-state index in [0.717, 1.165) is 0 Å². The van der Waals surface area contributed by atoms with Gasteiger partial charge >= 0.3 is 0 Å². The van der Waals surface area contributed by atoms with Gasteiger partial charge < -0.3 is 4.43 Å². The highest BCUT2D eigenvalue weighted by atomic mass is 127. The van der Waals surface area contributed by atoms with Crippen LogP contribution in [0.3, 0.4) is 0 Å². The highest BCUT2D eigenvalue weighted by Crippen LogP contribution is 2.36. The lowest BCUT2D eigenvalue weighted by Gasteiger charge is -2.36. The van der Waals surface area contributed by atoms with Crippen molar-refractivity contribution in [2.24, 2.45) is 0 Å². The average Bonchev–Trinajstić information content (AvgIpc) is 2.24. The number of benzene rings is 1. The fourth-order valence-corrected chi connectivity index (χ4v) is 2.75. The molecule has 0 unspecified atom stereocenters. The molecule has 1 nitrogen and oxygen atoms in total. The minimum absolute atomic E-state index is 0.0478. The molecule has 1 rings (SSSR count). The van der Waals surface area contributed by atoms with E-state index < -0.39 is 20.0 Å². The molecule has 0 aromatic heterocycles. The van der Waals surface area contributed by atoms with Crippen LogP contribution in [0.25, 0.3) is 0 Å². The first-order chi connectivity index (χ1) is 8.54. The van der Waals surface area contributed by atoms with Gasteiger partial charge in [0.1, 0.15) is 11.6 Å². The van der Waals surface area contributed by atoms with Crippen LogP contribution in [0.1, 0.15) is 26.3 Å². The summed E-state index contributed by atoms with van der Waals surface area (Å²) in [6, 6.07) is 2.78. The summed E-state index contributed by atoms with van der Waals surface area (Å²) in [4.78, 5) is 0. The zero-order valence-electron chi connectivity index (χ0n) is 12.1. The molecule has 0 saturated carbocycles. The highest BCUT2D eigenvalue weighted by Gasteiger charge is 2.36. The molecule has 0 atom stereocenters. The first-order valence-corrected chi connectivity index (χ1v) is 10.3. The van der Waals surface area contributed by atoms with Crippen molar-refractivity contribution in [3.8, 4) is 0 Å². The molecule has 0 amide bonds. The Kier molecular flexibility index (Phi) is 5.54. The third-order valence-corrected chi connectivity index (χ3v) is 9.27. The van der Waals surface area contributed by atoms with Crippen LogP contribution in [-0.4, -0.2) is 14.9 Å². The third kappa shape index (κ3) is 4.49. The van der Waals surface area contributed by atoms with Gasteiger partial charge in [-0.3, -0.25) is 0 Å². The molecular formula is C14H21F2IOSi. The molecular weight excluding hydrogens is 377 g/mol. The van der Waals surface area contributed by atoms with Crippen molar-refractivity contribution in [3.63, 3.8) is 0 Å². The second-order valence-electron chi connectivity index (χ2n) is 6.23. The van der Waals surface area contributed by atoms with Gasteiger partial charge in [0.05, 0.1) is 3.57 Å². The summed E-state index contributed by atoms with van der Waals surface area (Å²) in [5.74, 6) is -0.995. The average molecular weight is 398 g/mol. The maximum absolute atomic E-state index is 13.4. The SMILES string of the molecule is CC(C)(C)[Si](C)(C)OCCc1cc(F)c(I)c(F)c1. The molecule has 0 N–H and O–H groups in total. The van der Waals surface area contributed by atoms with Crippen LogP contribution in [0, 0.1) is 15.2 Å². The zero-order valence-corrected chi connectivity index (χ0v) is 15.3. The highest BCUT2D eigenvalue weighted by molar-refractivity contribution is 14.1. The molecule has 0 fully saturated rings. The summed E-state index contributed by atoms with van der Waals surface area (Å²) < 4.78 is 32.9. The molecule has 1 aromatic carbocycles. The van der Waals surface area contributed by atoms with Gasteiger partial charge in [0, 0.05) is 6.61 Å². The van der Waals surface area contributed by atoms with E-state index in [1.807, 2.05) is 0 Å². The Morgan fingerprint density at radius 1 is 1.16 bits per heavy atom. The molecule has 0 aliphatic carbocycles. The van der Waals surface area contributed by atoms with Crippen LogP contribution >= 0.6 is 22.6 Å². The van der Waals surface area contributed by atoms with Crippen LogP contribution in [0.4, 0.5) is 8.78 Å². The van der Waals surface area contributed by atoms with Gasteiger partial charge in [-0.1, -0.05) is 20.8 Å². The van der Waals surface area contributed by atoms with Crippen LogP contribution < -0.4 is 0 Å². The molecule has 19 heavy (non-hydrogen) atoms. The third-order valence-electron chi connectivity index (χ3n) is 3.70. The van der Waals surface area contributed by atoms with E-state index >= 15 is 0 Å². The first-order valence-electron chi connectivity index (χ1n) is 6.32. The minimum Gasteiger partial charge on any atom is -0.416 e. The van der Waals surface area contributed by atoms with Crippen molar-refractivity contribution in [3.05, 3.63) is 32.9 Å². The molecule has 0 radical (unpaired) electrons. The Hall–Kier alpha value is -0.0131. The number of rotatable bonds is 4. The van der Waals surface area contributed by atoms with Crippen molar-refractivity contribution < 1.29 is 13.2 Å². The summed E-state index contributed by atoms with van der Waals surface area (Å²) in [5, 5.41) is 0.148. The maximum Gasteiger partial charge on any atom is 0.191 e. The van der Waals surface area contributed by atoms with Crippen molar-refractivity contribution in [1.29, 1.82) is 0 Å². The van der Waals surface area contributed by atoms with Gasteiger partial charge in [0.25, 0.3) is 0 Å². The molecule has 5 heteroatoms. The summed E-state index contributed by atoms with van der Waals surface area (Å²) in [6.45, 7) is 11.4. The Labute approximate surface area is 129 Å². The van der Waals surface area contributed by atoms with E-state index in [-0.39, 0.29) is 8.61 Å². The second-order valence-corrected chi connectivity index (χ2v) is 12.1. The van der Waals surface area contributed by atoms with Gasteiger partial charge in [-0.05, 0) is 64.8 Å². The molecule has 0 heterocycles. The smallest absolute Gasteiger partial charge is 0.191 e. The monoisotopic (exact) mass is 398 g/mol. The zero-order chi connectivity index (χ0) is 14.8.